The predicted octanol–water partition coefficient (Wildman–Crippen LogP) is 2.99. The minimum Gasteiger partial charge on any atom is -0.444 e. The summed E-state index contributed by atoms with van der Waals surface area (Å²) >= 11 is 0. The van der Waals surface area contributed by atoms with E-state index in [1.54, 1.807) is 11.9 Å². The van der Waals surface area contributed by atoms with Gasteiger partial charge in [-0.15, -0.1) is 0 Å². The Morgan fingerprint density at radius 3 is 2.25 bits per heavy atom. The molecule has 2 rings (SSSR count). The molecule has 1 aromatic carbocycles. The molecule has 1 aliphatic heterocycles. The van der Waals surface area contributed by atoms with Gasteiger partial charge in [-0.1, -0.05) is 30.3 Å². The number of ether oxygens (including phenoxy) is 1. The molecule has 0 aliphatic carbocycles. The van der Waals surface area contributed by atoms with Crippen LogP contribution in [0, 0.1) is 5.41 Å². The van der Waals surface area contributed by atoms with E-state index in [1.807, 2.05) is 51.1 Å². The van der Waals surface area contributed by atoms with Gasteiger partial charge in [0, 0.05) is 20.1 Å². The lowest BCUT2D eigenvalue weighted by molar-refractivity contribution is -0.133. The Morgan fingerprint density at radius 1 is 1.17 bits per heavy atom. The van der Waals surface area contributed by atoms with Crippen LogP contribution in [0.1, 0.15) is 39.2 Å². The van der Waals surface area contributed by atoms with Crippen LogP contribution in [-0.4, -0.2) is 42.6 Å². The van der Waals surface area contributed by atoms with Gasteiger partial charge in [-0.25, -0.2) is 4.79 Å². The number of rotatable bonds is 3. The van der Waals surface area contributed by atoms with Crippen LogP contribution in [0.15, 0.2) is 30.3 Å². The second-order valence-corrected chi connectivity index (χ2v) is 7.49. The Labute approximate surface area is 144 Å². The first-order valence-electron chi connectivity index (χ1n) is 8.50. The molecule has 2 amide bonds. The van der Waals surface area contributed by atoms with Crippen molar-refractivity contribution in [1.82, 2.24) is 10.2 Å². The van der Waals surface area contributed by atoms with Crippen molar-refractivity contribution in [3.63, 3.8) is 0 Å². The Bertz CT molecular complexity index is 570. The summed E-state index contributed by atoms with van der Waals surface area (Å²) in [5.41, 5.74) is 0.178. The number of benzene rings is 1. The van der Waals surface area contributed by atoms with Crippen LogP contribution in [-0.2, 0) is 16.0 Å². The lowest BCUT2D eigenvalue weighted by atomic mass is 9.73. The van der Waals surface area contributed by atoms with Crippen LogP contribution < -0.4 is 5.32 Å². The summed E-state index contributed by atoms with van der Waals surface area (Å²) in [5, 5.41) is 2.80. The molecule has 0 aromatic heterocycles. The molecule has 0 spiro atoms. The van der Waals surface area contributed by atoms with Gasteiger partial charge in [0.05, 0.1) is 5.41 Å². The molecule has 0 unspecified atom stereocenters. The Kier molecular flexibility index (Phi) is 5.52. The minimum absolute atomic E-state index is 0.0511. The Hall–Kier alpha value is -2.04. The number of likely N-dealkylation sites (tertiary alicyclic amines) is 1. The number of amides is 2. The maximum atomic E-state index is 12.6. The zero-order chi connectivity index (χ0) is 17.8. The first-order chi connectivity index (χ1) is 11.3. The zero-order valence-corrected chi connectivity index (χ0v) is 15.1. The van der Waals surface area contributed by atoms with Gasteiger partial charge in [-0.05, 0) is 45.6 Å². The second-order valence-electron chi connectivity index (χ2n) is 7.49. The van der Waals surface area contributed by atoms with Crippen LogP contribution in [0.2, 0.25) is 0 Å². The Balaban J connectivity index is 2.07. The highest BCUT2D eigenvalue weighted by Crippen LogP contribution is 2.36. The standard InChI is InChI=1S/C19H28N2O3/c1-18(2,3)24-17(23)21-12-10-19(11-13-21,16(22)20-4)14-15-8-6-5-7-9-15/h5-9H,10-14H2,1-4H3,(H,20,22). The van der Waals surface area contributed by atoms with Crippen LogP contribution in [0.25, 0.3) is 0 Å². The van der Waals surface area contributed by atoms with Crippen molar-refractivity contribution in [3.8, 4) is 0 Å². The third kappa shape index (κ3) is 4.49. The maximum Gasteiger partial charge on any atom is 0.410 e. The average Bonchev–Trinajstić information content (AvgIpc) is 2.54. The summed E-state index contributed by atoms with van der Waals surface area (Å²) in [6, 6.07) is 10.0. The van der Waals surface area contributed by atoms with Gasteiger partial charge < -0.3 is 15.0 Å². The van der Waals surface area contributed by atoms with Crippen molar-refractivity contribution < 1.29 is 14.3 Å². The molecular formula is C19H28N2O3. The average molecular weight is 332 g/mol. The first kappa shape index (κ1) is 18.3. The van der Waals surface area contributed by atoms with Crippen molar-refractivity contribution in [3.05, 3.63) is 35.9 Å². The van der Waals surface area contributed by atoms with Crippen LogP contribution in [0.5, 0.6) is 0 Å². The highest BCUT2D eigenvalue weighted by molar-refractivity contribution is 5.83. The van der Waals surface area contributed by atoms with E-state index in [4.69, 9.17) is 4.74 Å². The molecule has 24 heavy (non-hydrogen) atoms. The fourth-order valence-electron chi connectivity index (χ4n) is 3.18. The topological polar surface area (TPSA) is 58.6 Å². The van der Waals surface area contributed by atoms with Crippen LogP contribution in [0.4, 0.5) is 4.79 Å². The van der Waals surface area contributed by atoms with Crippen LogP contribution >= 0.6 is 0 Å². The number of carbonyl (C=O) groups excluding carboxylic acids is 2. The molecule has 1 heterocycles. The van der Waals surface area contributed by atoms with Crippen molar-refractivity contribution in [2.24, 2.45) is 5.41 Å². The quantitative estimate of drug-likeness (QED) is 0.926. The fourth-order valence-corrected chi connectivity index (χ4v) is 3.18. The van der Waals surface area contributed by atoms with Crippen molar-refractivity contribution in [2.45, 2.75) is 45.6 Å². The molecule has 132 valence electrons. The molecule has 5 nitrogen and oxygen atoms in total. The van der Waals surface area contributed by atoms with E-state index in [2.05, 4.69) is 5.32 Å². The van der Waals surface area contributed by atoms with Crippen molar-refractivity contribution in [2.75, 3.05) is 20.1 Å². The molecule has 1 N–H and O–H groups in total. The fraction of sp³-hybridized carbons (Fsp3) is 0.579. The van der Waals surface area contributed by atoms with Crippen molar-refractivity contribution >= 4 is 12.0 Å². The minimum atomic E-state index is -0.504. The van der Waals surface area contributed by atoms with E-state index in [0.717, 1.165) is 5.56 Å². The van der Waals surface area contributed by atoms with Gasteiger partial charge in [0.1, 0.15) is 5.60 Å². The summed E-state index contributed by atoms with van der Waals surface area (Å²) in [7, 11) is 1.68. The van der Waals surface area contributed by atoms with Crippen molar-refractivity contribution in [1.29, 1.82) is 0 Å². The molecule has 1 aliphatic rings. The summed E-state index contributed by atoms with van der Waals surface area (Å²) in [6.07, 6.45) is 1.67. The Morgan fingerprint density at radius 2 is 1.75 bits per heavy atom. The molecule has 0 bridgehead atoms. The first-order valence-corrected chi connectivity index (χ1v) is 8.50. The number of nitrogens with one attached hydrogen (secondary N) is 1. The number of piperidine rings is 1. The lowest BCUT2D eigenvalue weighted by Crippen LogP contribution is -2.51. The van der Waals surface area contributed by atoms with E-state index < -0.39 is 11.0 Å². The lowest BCUT2D eigenvalue weighted by Gasteiger charge is -2.40. The monoisotopic (exact) mass is 332 g/mol. The number of carbonyl (C=O) groups is 2. The third-order valence-electron chi connectivity index (χ3n) is 4.47. The molecule has 0 atom stereocenters. The largest absolute Gasteiger partial charge is 0.444 e. The zero-order valence-electron chi connectivity index (χ0n) is 15.1. The summed E-state index contributed by atoms with van der Waals surface area (Å²) in [5.74, 6) is 0.0511. The molecule has 0 saturated carbocycles. The molecule has 1 fully saturated rings. The maximum absolute atomic E-state index is 12.6. The highest BCUT2D eigenvalue weighted by Gasteiger charge is 2.42. The van der Waals surface area contributed by atoms with Gasteiger partial charge in [-0.3, -0.25) is 4.79 Å². The van der Waals surface area contributed by atoms with E-state index in [0.29, 0.717) is 32.4 Å². The molecule has 1 saturated heterocycles. The van der Waals surface area contributed by atoms with Gasteiger partial charge in [0.25, 0.3) is 0 Å². The van der Waals surface area contributed by atoms with Gasteiger partial charge in [0.2, 0.25) is 5.91 Å². The summed E-state index contributed by atoms with van der Waals surface area (Å²) < 4.78 is 5.44. The summed E-state index contributed by atoms with van der Waals surface area (Å²) in [4.78, 5) is 26.5. The van der Waals surface area contributed by atoms with Gasteiger partial charge in [0.15, 0.2) is 0 Å². The number of nitrogens with zero attached hydrogens (tertiary/aromatic N) is 1. The van der Waals surface area contributed by atoms with E-state index >= 15 is 0 Å². The summed E-state index contributed by atoms with van der Waals surface area (Å²) in [6.45, 7) is 6.65. The molecule has 1 aromatic rings. The normalized spacial score (nSPS) is 17.2. The number of hydrogen-bond donors (Lipinski definition) is 1. The molecule has 0 radical (unpaired) electrons. The van der Waals surface area contributed by atoms with E-state index in [-0.39, 0.29) is 12.0 Å². The number of hydrogen-bond acceptors (Lipinski definition) is 3. The van der Waals surface area contributed by atoms with E-state index in [9.17, 15) is 9.59 Å². The predicted molar refractivity (Wildman–Crippen MR) is 93.7 cm³/mol. The smallest absolute Gasteiger partial charge is 0.410 e. The molecular weight excluding hydrogens is 304 g/mol. The third-order valence-corrected chi connectivity index (χ3v) is 4.47. The van der Waals surface area contributed by atoms with Crippen LogP contribution in [0.3, 0.4) is 0 Å². The SMILES string of the molecule is CNC(=O)C1(Cc2ccccc2)CCN(C(=O)OC(C)(C)C)CC1. The highest BCUT2D eigenvalue weighted by atomic mass is 16.6. The van der Waals surface area contributed by atoms with Gasteiger partial charge >= 0.3 is 6.09 Å². The molecule has 5 heteroatoms. The van der Waals surface area contributed by atoms with E-state index in [1.165, 1.54) is 0 Å². The van der Waals surface area contributed by atoms with Gasteiger partial charge in [-0.2, -0.15) is 0 Å². The second kappa shape index (κ2) is 7.24.